The van der Waals surface area contributed by atoms with Gasteiger partial charge in [-0.1, -0.05) is 0 Å². The van der Waals surface area contributed by atoms with Crippen LogP contribution in [-0.2, 0) is 4.79 Å². The highest BCUT2D eigenvalue weighted by Gasteiger charge is 2.43. The van der Waals surface area contributed by atoms with Crippen LogP contribution >= 0.6 is 0 Å². The van der Waals surface area contributed by atoms with Crippen LogP contribution in [0.2, 0.25) is 0 Å². The number of anilines is 2. The number of amides is 3. The number of hydrogen-bond acceptors (Lipinski definition) is 4. The molecular weight excluding hydrogens is 380 g/mol. The molecule has 7 heteroatoms. The summed E-state index contributed by atoms with van der Waals surface area (Å²) >= 11 is 0. The van der Waals surface area contributed by atoms with Crippen LogP contribution in [-0.4, -0.2) is 65.8 Å². The minimum atomic E-state index is -0.254. The molecule has 162 valence electrons. The Balaban J connectivity index is 1.20. The van der Waals surface area contributed by atoms with Crippen molar-refractivity contribution >= 4 is 23.3 Å². The number of aliphatic hydroxyl groups is 1. The molecule has 0 saturated carbocycles. The van der Waals surface area contributed by atoms with Crippen molar-refractivity contribution in [3.05, 3.63) is 24.3 Å². The third kappa shape index (κ3) is 3.75. The maximum atomic E-state index is 13.0. The van der Waals surface area contributed by atoms with Gasteiger partial charge in [-0.2, -0.15) is 0 Å². The van der Waals surface area contributed by atoms with Crippen LogP contribution in [0.15, 0.2) is 24.3 Å². The second-order valence-corrected chi connectivity index (χ2v) is 9.32. The minimum Gasteiger partial charge on any atom is -0.393 e. The molecule has 30 heavy (non-hydrogen) atoms. The molecule has 1 aromatic carbocycles. The van der Waals surface area contributed by atoms with Crippen LogP contribution in [0.1, 0.15) is 51.4 Å². The number of piperidine rings is 2. The molecule has 2 bridgehead atoms. The van der Waals surface area contributed by atoms with Crippen molar-refractivity contribution in [3.8, 4) is 0 Å². The number of nitrogens with one attached hydrogen (secondary N) is 1. The summed E-state index contributed by atoms with van der Waals surface area (Å²) in [6.07, 6.45) is 6.82. The van der Waals surface area contributed by atoms with Crippen LogP contribution in [0, 0.1) is 0 Å². The fraction of sp³-hybridized carbons (Fsp3) is 0.652. The Hall–Kier alpha value is -2.28. The molecule has 0 aromatic heterocycles. The number of hydrogen-bond donors (Lipinski definition) is 2. The van der Waals surface area contributed by atoms with Gasteiger partial charge in [-0.3, -0.25) is 4.79 Å². The molecule has 0 spiro atoms. The van der Waals surface area contributed by atoms with E-state index in [1.54, 1.807) is 0 Å². The van der Waals surface area contributed by atoms with Gasteiger partial charge in [-0.25, -0.2) is 4.79 Å². The van der Waals surface area contributed by atoms with Crippen LogP contribution in [0.5, 0.6) is 0 Å². The number of aliphatic hydroxyl groups excluding tert-OH is 1. The fourth-order valence-corrected chi connectivity index (χ4v) is 5.82. The zero-order valence-corrected chi connectivity index (χ0v) is 17.5. The fourth-order valence-electron chi connectivity index (χ4n) is 5.82. The Bertz CT molecular complexity index is 784. The minimum absolute atomic E-state index is 0.0455. The van der Waals surface area contributed by atoms with Crippen LogP contribution in [0.3, 0.4) is 0 Å². The van der Waals surface area contributed by atoms with Crippen molar-refractivity contribution in [1.29, 1.82) is 0 Å². The summed E-state index contributed by atoms with van der Waals surface area (Å²) in [6.45, 7) is 2.60. The number of fused-ring (bicyclic) bond motifs is 2. The van der Waals surface area contributed by atoms with Gasteiger partial charge in [0, 0.05) is 55.6 Å². The van der Waals surface area contributed by atoms with Crippen molar-refractivity contribution in [2.75, 3.05) is 29.4 Å². The summed E-state index contributed by atoms with van der Waals surface area (Å²) in [5.41, 5.74) is 2.12. The predicted octanol–water partition coefficient (Wildman–Crippen LogP) is 2.48. The largest absolute Gasteiger partial charge is 0.393 e. The van der Waals surface area contributed by atoms with Gasteiger partial charge in [0.1, 0.15) is 0 Å². The molecule has 4 saturated heterocycles. The van der Waals surface area contributed by atoms with Gasteiger partial charge in [0.15, 0.2) is 0 Å². The SMILES string of the molecule is O=C1CCCN1c1ccc(N2CCC[C@H](NC(=O)N3C4CCC3CC(O)C4)C2)cc1. The van der Waals surface area contributed by atoms with Crippen molar-refractivity contribution < 1.29 is 14.7 Å². The molecule has 2 unspecified atom stereocenters. The maximum absolute atomic E-state index is 13.0. The van der Waals surface area contributed by atoms with Crippen molar-refractivity contribution in [3.63, 3.8) is 0 Å². The first-order chi connectivity index (χ1) is 14.6. The van der Waals surface area contributed by atoms with E-state index < -0.39 is 0 Å². The second kappa shape index (κ2) is 8.10. The van der Waals surface area contributed by atoms with Crippen LogP contribution in [0.4, 0.5) is 16.2 Å². The summed E-state index contributed by atoms with van der Waals surface area (Å²) in [6, 6.07) is 8.84. The molecule has 0 aliphatic carbocycles. The Labute approximate surface area is 178 Å². The smallest absolute Gasteiger partial charge is 0.318 e. The van der Waals surface area contributed by atoms with E-state index in [1.807, 2.05) is 21.9 Å². The molecule has 4 fully saturated rings. The monoisotopic (exact) mass is 412 g/mol. The second-order valence-electron chi connectivity index (χ2n) is 9.32. The van der Waals surface area contributed by atoms with Gasteiger partial charge in [0.2, 0.25) is 5.91 Å². The number of carbonyl (C=O) groups excluding carboxylic acids is 2. The van der Waals surface area contributed by atoms with E-state index in [0.717, 1.165) is 63.1 Å². The Kier molecular flexibility index (Phi) is 5.31. The highest BCUT2D eigenvalue weighted by Crippen LogP contribution is 2.36. The van der Waals surface area contributed by atoms with E-state index in [0.29, 0.717) is 19.3 Å². The molecule has 4 aliphatic heterocycles. The van der Waals surface area contributed by atoms with Gasteiger partial charge in [0.05, 0.1) is 6.10 Å². The first-order valence-corrected chi connectivity index (χ1v) is 11.5. The highest BCUT2D eigenvalue weighted by atomic mass is 16.3. The Morgan fingerprint density at radius 1 is 0.967 bits per heavy atom. The standard InChI is InChI=1S/C23H32N4O3/c28-21-13-19-9-10-20(14-21)27(19)23(30)24-16-3-1-11-25(15-16)17-5-7-18(8-6-17)26-12-2-4-22(26)29/h5-8,16,19-21,28H,1-4,9-15H2,(H,24,30)/t16-,19?,20?,21?/m0/s1. The number of rotatable bonds is 3. The van der Waals surface area contributed by atoms with Gasteiger partial charge in [-0.15, -0.1) is 0 Å². The predicted molar refractivity (Wildman–Crippen MR) is 116 cm³/mol. The summed E-state index contributed by atoms with van der Waals surface area (Å²) in [5.74, 6) is 0.211. The lowest BCUT2D eigenvalue weighted by atomic mass is 10.00. The number of carbonyl (C=O) groups is 2. The summed E-state index contributed by atoms with van der Waals surface area (Å²) in [5, 5.41) is 13.3. The summed E-state index contributed by atoms with van der Waals surface area (Å²) in [7, 11) is 0. The normalized spacial score (nSPS) is 31.4. The summed E-state index contributed by atoms with van der Waals surface area (Å²) in [4.78, 5) is 31.1. The lowest BCUT2D eigenvalue weighted by Crippen LogP contribution is -2.56. The zero-order chi connectivity index (χ0) is 20.7. The van der Waals surface area contributed by atoms with Crippen molar-refractivity contribution in [1.82, 2.24) is 10.2 Å². The Morgan fingerprint density at radius 2 is 1.67 bits per heavy atom. The average molecular weight is 413 g/mol. The van der Waals surface area contributed by atoms with E-state index in [4.69, 9.17) is 0 Å². The van der Waals surface area contributed by atoms with E-state index in [2.05, 4.69) is 22.3 Å². The van der Waals surface area contributed by atoms with Gasteiger partial charge in [-0.05, 0) is 69.2 Å². The molecule has 3 atom stereocenters. The molecular formula is C23H32N4O3. The first kappa shape index (κ1) is 19.7. The van der Waals surface area contributed by atoms with E-state index in [9.17, 15) is 14.7 Å². The van der Waals surface area contributed by atoms with E-state index in [1.165, 1.54) is 0 Å². The third-order valence-corrected chi connectivity index (χ3v) is 7.29. The maximum Gasteiger partial charge on any atom is 0.318 e. The van der Waals surface area contributed by atoms with E-state index in [-0.39, 0.29) is 36.2 Å². The molecule has 5 rings (SSSR count). The zero-order valence-electron chi connectivity index (χ0n) is 17.5. The van der Waals surface area contributed by atoms with Gasteiger partial charge >= 0.3 is 6.03 Å². The van der Waals surface area contributed by atoms with E-state index >= 15 is 0 Å². The molecule has 1 aromatic rings. The molecule has 4 aliphatic rings. The highest BCUT2D eigenvalue weighted by molar-refractivity contribution is 5.95. The quantitative estimate of drug-likeness (QED) is 0.800. The number of benzene rings is 1. The van der Waals surface area contributed by atoms with Crippen molar-refractivity contribution in [2.24, 2.45) is 0 Å². The van der Waals surface area contributed by atoms with Crippen LogP contribution in [0.25, 0.3) is 0 Å². The lowest BCUT2D eigenvalue weighted by molar-refractivity contribution is -0.117. The lowest BCUT2D eigenvalue weighted by Gasteiger charge is -2.40. The third-order valence-electron chi connectivity index (χ3n) is 7.29. The Morgan fingerprint density at radius 3 is 2.33 bits per heavy atom. The summed E-state index contributed by atoms with van der Waals surface area (Å²) < 4.78 is 0. The molecule has 7 nitrogen and oxygen atoms in total. The van der Waals surface area contributed by atoms with Crippen molar-refractivity contribution in [2.45, 2.75) is 75.6 Å². The molecule has 2 N–H and O–H groups in total. The first-order valence-electron chi connectivity index (χ1n) is 11.5. The molecule has 0 radical (unpaired) electrons. The number of nitrogens with zero attached hydrogens (tertiary/aromatic N) is 3. The molecule has 4 heterocycles. The topological polar surface area (TPSA) is 76.1 Å². The molecule has 3 amide bonds. The van der Waals surface area contributed by atoms with Gasteiger partial charge in [0.25, 0.3) is 0 Å². The van der Waals surface area contributed by atoms with Gasteiger partial charge < -0.3 is 25.1 Å². The van der Waals surface area contributed by atoms with Crippen LogP contribution < -0.4 is 15.1 Å². The number of urea groups is 1. The average Bonchev–Trinajstić information content (AvgIpc) is 3.29.